The molecule has 0 atom stereocenters. The molecule has 10 nitrogen and oxygen atoms in total. The molecule has 1 aromatic heterocycles. The number of anilines is 1. The van der Waals surface area contributed by atoms with Gasteiger partial charge in [-0.1, -0.05) is 6.07 Å². The lowest BCUT2D eigenvalue weighted by Gasteiger charge is -2.22. The van der Waals surface area contributed by atoms with Crippen LogP contribution < -0.4 is 15.8 Å². The van der Waals surface area contributed by atoms with Crippen LogP contribution in [0.15, 0.2) is 27.9 Å². The maximum Gasteiger partial charge on any atom is 0.298 e. The van der Waals surface area contributed by atoms with Gasteiger partial charge in [-0.15, -0.1) is 0 Å². The third kappa shape index (κ3) is 4.12. The molecular formula is C19H24FN5O5S. The first-order valence-electron chi connectivity index (χ1n) is 9.54. The van der Waals surface area contributed by atoms with Gasteiger partial charge in [-0.05, 0) is 31.5 Å². The average molecular weight is 453 g/mol. The van der Waals surface area contributed by atoms with Crippen LogP contribution in [0.3, 0.4) is 0 Å². The van der Waals surface area contributed by atoms with E-state index in [0.717, 1.165) is 16.4 Å². The summed E-state index contributed by atoms with van der Waals surface area (Å²) in [5.74, 6) is -2.10. The van der Waals surface area contributed by atoms with Gasteiger partial charge in [0.25, 0.3) is 11.5 Å². The normalized spacial score (nSPS) is 13.7. The minimum atomic E-state index is -3.97. The molecule has 0 unspecified atom stereocenters. The quantitative estimate of drug-likeness (QED) is 0.652. The van der Waals surface area contributed by atoms with Crippen LogP contribution in [0.25, 0.3) is 0 Å². The number of rotatable bonds is 6. The van der Waals surface area contributed by atoms with E-state index >= 15 is 0 Å². The van der Waals surface area contributed by atoms with Crippen LogP contribution in [0.1, 0.15) is 29.9 Å². The van der Waals surface area contributed by atoms with E-state index in [0.29, 0.717) is 13.1 Å². The van der Waals surface area contributed by atoms with Crippen molar-refractivity contribution in [1.29, 1.82) is 0 Å². The molecule has 0 fully saturated rings. The summed E-state index contributed by atoms with van der Waals surface area (Å²) in [6.07, 6.45) is 0. The Morgan fingerprint density at radius 1 is 1.32 bits per heavy atom. The Bertz CT molecular complexity index is 1190. The van der Waals surface area contributed by atoms with Gasteiger partial charge in [-0.3, -0.25) is 14.2 Å². The lowest BCUT2D eigenvalue weighted by molar-refractivity contribution is 0.0942. The minimum absolute atomic E-state index is 0.0270. The molecule has 1 aromatic carbocycles. The number of nitrogens with one attached hydrogen (secondary N) is 1. The van der Waals surface area contributed by atoms with Crippen molar-refractivity contribution in [3.8, 4) is 5.75 Å². The number of amides is 1. The Hall–Kier alpha value is -2.99. The monoisotopic (exact) mass is 453 g/mol. The molecule has 0 saturated carbocycles. The molecule has 0 spiro atoms. The Morgan fingerprint density at radius 2 is 2.00 bits per heavy atom. The van der Waals surface area contributed by atoms with Crippen molar-refractivity contribution < 1.29 is 22.7 Å². The molecule has 1 amide bonds. The molecule has 0 saturated heterocycles. The molecule has 2 N–H and O–H groups in total. The number of hydrogen-bond donors (Lipinski definition) is 2. The van der Waals surface area contributed by atoms with Gasteiger partial charge in [-0.2, -0.15) is 0 Å². The molecule has 0 bridgehead atoms. The van der Waals surface area contributed by atoms with Crippen LogP contribution in [0.4, 0.5) is 10.3 Å². The Balaban J connectivity index is 1.92. The lowest BCUT2D eigenvalue weighted by atomic mass is 10.2. The van der Waals surface area contributed by atoms with Crippen LogP contribution in [-0.4, -0.2) is 60.0 Å². The van der Waals surface area contributed by atoms with Crippen molar-refractivity contribution in [2.75, 3.05) is 25.5 Å². The lowest BCUT2D eigenvalue weighted by Crippen LogP contribution is -2.32. The van der Waals surface area contributed by atoms with Crippen LogP contribution in [-0.2, 0) is 23.1 Å². The Morgan fingerprint density at radius 3 is 2.61 bits per heavy atom. The average Bonchev–Trinajstić information content (AvgIpc) is 3.13. The predicted molar refractivity (Wildman–Crippen MR) is 111 cm³/mol. The molecule has 0 aliphatic carbocycles. The number of sulfonamides is 1. The van der Waals surface area contributed by atoms with Crippen molar-refractivity contribution in [2.45, 2.75) is 37.9 Å². The number of benzene rings is 1. The highest BCUT2D eigenvalue weighted by Crippen LogP contribution is 2.23. The Labute approximate surface area is 179 Å². The third-order valence-corrected chi connectivity index (χ3v) is 6.91. The summed E-state index contributed by atoms with van der Waals surface area (Å²) in [6.45, 7) is 4.40. The van der Waals surface area contributed by atoms with Gasteiger partial charge >= 0.3 is 0 Å². The van der Waals surface area contributed by atoms with E-state index in [1.165, 1.54) is 24.7 Å². The number of hydrogen-bond acceptors (Lipinski definition) is 7. The first-order chi connectivity index (χ1) is 14.4. The van der Waals surface area contributed by atoms with E-state index in [4.69, 9.17) is 0 Å². The van der Waals surface area contributed by atoms with Gasteiger partial charge in [0, 0.05) is 39.8 Å². The summed E-state index contributed by atoms with van der Waals surface area (Å²) in [4.78, 5) is 30.9. The summed E-state index contributed by atoms with van der Waals surface area (Å²) in [5, 5.41) is 12.7. The summed E-state index contributed by atoms with van der Waals surface area (Å²) >= 11 is 0. The second-order valence-corrected chi connectivity index (χ2v) is 9.70. The van der Waals surface area contributed by atoms with Crippen molar-refractivity contribution in [1.82, 2.24) is 19.2 Å². The van der Waals surface area contributed by atoms with Gasteiger partial charge in [0.1, 0.15) is 5.82 Å². The fourth-order valence-electron chi connectivity index (χ4n) is 3.28. The highest BCUT2D eigenvalue weighted by atomic mass is 32.2. The maximum atomic E-state index is 13.7. The van der Waals surface area contributed by atoms with E-state index in [1.54, 1.807) is 0 Å². The topological polar surface area (TPSA) is 125 Å². The number of nitrogens with zero attached hydrogens (tertiary/aromatic N) is 4. The second-order valence-electron chi connectivity index (χ2n) is 7.58. The zero-order valence-corrected chi connectivity index (χ0v) is 18.4. The largest absolute Gasteiger partial charge is 0.501 e. The predicted octanol–water partition coefficient (Wildman–Crippen LogP) is 0.497. The molecule has 3 rings (SSSR count). The van der Waals surface area contributed by atoms with E-state index in [2.05, 4.69) is 10.3 Å². The Kier molecular flexibility index (Phi) is 6.05. The first kappa shape index (κ1) is 22.7. The molecule has 31 heavy (non-hydrogen) atoms. The molecule has 0 radical (unpaired) electrons. The fraction of sp³-hybridized carbons (Fsp3) is 0.421. The molecule has 168 valence electrons. The van der Waals surface area contributed by atoms with Crippen molar-refractivity contribution in [3.63, 3.8) is 0 Å². The van der Waals surface area contributed by atoms with E-state index < -0.39 is 38.8 Å². The van der Waals surface area contributed by atoms with Crippen LogP contribution in [0.5, 0.6) is 5.75 Å². The summed E-state index contributed by atoms with van der Waals surface area (Å²) in [7, 11) is -1.35. The standard InChI is InChI=1S/C19H24FN5O5S/c1-11(2)24-7-8-25-18(28)16(26)15(22-19(24)25)17(27)21-10-12-5-6-13(20)9-14(12)31(29,30)23(3)4/h5-6,9,11,26H,7-8,10H2,1-4H3,(H,21,27). The summed E-state index contributed by atoms with van der Waals surface area (Å²) in [5.41, 5.74) is -1.04. The van der Waals surface area contributed by atoms with Crippen molar-refractivity contribution in [2.24, 2.45) is 0 Å². The van der Waals surface area contributed by atoms with Crippen molar-refractivity contribution in [3.05, 3.63) is 45.6 Å². The number of carbonyl (C=O) groups is 1. The van der Waals surface area contributed by atoms with Gasteiger partial charge < -0.3 is 15.3 Å². The minimum Gasteiger partial charge on any atom is -0.501 e. The van der Waals surface area contributed by atoms with E-state index in [9.17, 15) is 27.5 Å². The molecule has 1 aliphatic rings. The number of halogens is 1. The van der Waals surface area contributed by atoms with Gasteiger partial charge in [0.05, 0.1) is 4.90 Å². The van der Waals surface area contributed by atoms with E-state index in [-0.39, 0.29) is 29.0 Å². The van der Waals surface area contributed by atoms with Gasteiger partial charge in [0.15, 0.2) is 5.69 Å². The molecule has 1 aliphatic heterocycles. The summed E-state index contributed by atoms with van der Waals surface area (Å²) in [6, 6.07) is 3.22. The van der Waals surface area contributed by atoms with Crippen LogP contribution in [0, 0.1) is 5.82 Å². The van der Waals surface area contributed by atoms with Crippen LogP contribution in [0.2, 0.25) is 0 Å². The SMILES string of the molecule is CC(C)N1CCn2c1nc(C(=O)NCc1ccc(F)cc1S(=O)(=O)N(C)C)c(O)c2=O. The van der Waals surface area contributed by atoms with Gasteiger partial charge in [0.2, 0.25) is 21.7 Å². The molecule has 12 heteroatoms. The smallest absolute Gasteiger partial charge is 0.298 e. The summed E-state index contributed by atoms with van der Waals surface area (Å²) < 4.78 is 40.9. The molecule has 2 heterocycles. The number of fused-ring (bicyclic) bond motifs is 1. The fourth-order valence-corrected chi connectivity index (χ4v) is 4.41. The van der Waals surface area contributed by atoms with E-state index in [1.807, 2.05) is 18.7 Å². The first-order valence-corrected chi connectivity index (χ1v) is 11.0. The zero-order chi connectivity index (χ0) is 23.1. The second kappa shape index (κ2) is 8.27. The highest BCUT2D eigenvalue weighted by molar-refractivity contribution is 7.89. The van der Waals surface area contributed by atoms with Crippen LogP contribution >= 0.6 is 0 Å². The van der Waals surface area contributed by atoms with Crippen molar-refractivity contribution >= 4 is 21.9 Å². The highest BCUT2D eigenvalue weighted by Gasteiger charge is 2.29. The zero-order valence-electron chi connectivity index (χ0n) is 17.6. The number of aromatic nitrogens is 2. The molecular weight excluding hydrogens is 429 g/mol. The number of carbonyl (C=O) groups excluding carboxylic acids is 1. The molecule has 2 aromatic rings. The number of aromatic hydroxyl groups is 1. The van der Waals surface area contributed by atoms with Gasteiger partial charge in [-0.25, -0.2) is 22.1 Å². The maximum absolute atomic E-state index is 13.7. The third-order valence-electron chi connectivity index (χ3n) is 5.01.